The van der Waals surface area contributed by atoms with Crippen molar-refractivity contribution in [3.05, 3.63) is 58.5 Å². The minimum Gasteiger partial charge on any atom is -0.334 e. The number of aromatic nitrogens is 1. The third kappa shape index (κ3) is 4.49. The zero-order valence-electron chi connectivity index (χ0n) is 11.6. The quantitative estimate of drug-likeness (QED) is 0.751. The summed E-state index contributed by atoms with van der Waals surface area (Å²) in [6.07, 6.45) is -1.16. The molecule has 0 radical (unpaired) electrons. The molecule has 120 valence electrons. The summed E-state index contributed by atoms with van der Waals surface area (Å²) in [5.41, 5.74) is -1.95. The van der Waals surface area contributed by atoms with Crippen molar-refractivity contribution in [3.8, 4) is 0 Å². The van der Waals surface area contributed by atoms with Crippen LogP contribution < -0.4 is 5.56 Å². The van der Waals surface area contributed by atoms with E-state index in [-0.39, 0.29) is 13.1 Å². The third-order valence-corrected chi connectivity index (χ3v) is 3.00. The van der Waals surface area contributed by atoms with Crippen molar-refractivity contribution in [1.82, 2.24) is 9.47 Å². The molecule has 0 spiro atoms. The predicted molar refractivity (Wildman–Crippen MR) is 77.7 cm³/mol. The Bertz CT molecular complexity index is 628. The molecule has 0 atom stereocenters. The summed E-state index contributed by atoms with van der Waals surface area (Å²) in [7, 11) is 0. The van der Waals surface area contributed by atoms with Crippen molar-refractivity contribution < 1.29 is 18.0 Å². The van der Waals surface area contributed by atoms with E-state index in [1.54, 1.807) is 0 Å². The topological polar surface area (TPSA) is 42.3 Å². The maximum atomic E-state index is 12.7. The molecule has 0 unspecified atom stereocenters. The molecule has 0 saturated heterocycles. The highest BCUT2D eigenvalue weighted by Gasteiger charge is 2.32. The van der Waals surface area contributed by atoms with Gasteiger partial charge < -0.3 is 9.47 Å². The average Bonchev–Trinajstić information content (AvgIpc) is 2.42. The lowest BCUT2D eigenvalue weighted by Gasteiger charge is -2.20. The molecule has 1 amide bonds. The van der Waals surface area contributed by atoms with Gasteiger partial charge in [-0.3, -0.25) is 9.59 Å². The van der Waals surface area contributed by atoms with Crippen molar-refractivity contribution in [3.63, 3.8) is 0 Å². The fourth-order valence-electron chi connectivity index (χ4n) is 1.71. The number of hydrogen-bond acceptors (Lipinski definition) is 2. The second-order valence-corrected chi connectivity index (χ2v) is 4.79. The van der Waals surface area contributed by atoms with Gasteiger partial charge in [0.05, 0.1) is 5.56 Å². The van der Waals surface area contributed by atoms with Crippen LogP contribution in [-0.2, 0) is 17.5 Å². The van der Waals surface area contributed by atoms with Crippen molar-refractivity contribution >= 4 is 17.5 Å². The monoisotopic (exact) mass is 334 g/mol. The molecule has 0 saturated carbocycles. The van der Waals surface area contributed by atoms with Crippen LogP contribution in [0.15, 0.2) is 42.4 Å². The number of rotatable bonds is 6. The number of alkyl halides is 3. The summed E-state index contributed by atoms with van der Waals surface area (Å²) in [6.45, 7) is 6.79. The van der Waals surface area contributed by atoms with Crippen molar-refractivity contribution in [2.75, 3.05) is 13.1 Å². The molecule has 0 aliphatic carbocycles. The molecule has 1 heterocycles. The number of nitrogens with zero attached hydrogens (tertiary/aromatic N) is 2. The number of halogens is 4. The Kier molecular flexibility index (Phi) is 5.99. The lowest BCUT2D eigenvalue weighted by molar-refractivity contribution is -0.138. The molecule has 4 nitrogen and oxygen atoms in total. The second-order valence-electron chi connectivity index (χ2n) is 4.38. The Hall–Kier alpha value is -2.02. The van der Waals surface area contributed by atoms with Crippen LogP contribution in [0.25, 0.3) is 0 Å². The van der Waals surface area contributed by atoms with E-state index in [0.717, 1.165) is 0 Å². The van der Waals surface area contributed by atoms with Crippen LogP contribution in [0.2, 0.25) is 5.02 Å². The van der Waals surface area contributed by atoms with E-state index < -0.39 is 34.8 Å². The number of carbonyl (C=O) groups excluding carboxylic acids is 1. The average molecular weight is 335 g/mol. The van der Waals surface area contributed by atoms with Crippen LogP contribution >= 0.6 is 11.6 Å². The van der Waals surface area contributed by atoms with E-state index in [1.807, 2.05) is 0 Å². The zero-order valence-corrected chi connectivity index (χ0v) is 12.3. The fourth-order valence-corrected chi connectivity index (χ4v) is 1.93. The summed E-state index contributed by atoms with van der Waals surface area (Å²) < 4.78 is 38.8. The van der Waals surface area contributed by atoms with Gasteiger partial charge in [0.25, 0.3) is 5.56 Å². The minimum atomic E-state index is -4.66. The highest BCUT2D eigenvalue weighted by atomic mass is 35.5. The Balaban J connectivity index is 3.13. The zero-order chi connectivity index (χ0) is 16.9. The Morgan fingerprint density at radius 1 is 1.32 bits per heavy atom. The largest absolute Gasteiger partial charge is 0.417 e. The molecule has 1 aromatic heterocycles. The smallest absolute Gasteiger partial charge is 0.334 e. The molecular weight excluding hydrogens is 321 g/mol. The van der Waals surface area contributed by atoms with Gasteiger partial charge in [0, 0.05) is 19.3 Å². The van der Waals surface area contributed by atoms with Gasteiger partial charge in [-0.2, -0.15) is 13.2 Å². The van der Waals surface area contributed by atoms with Gasteiger partial charge in [0.2, 0.25) is 5.91 Å². The van der Waals surface area contributed by atoms with Crippen molar-refractivity contribution in [2.45, 2.75) is 12.7 Å². The highest BCUT2D eigenvalue weighted by molar-refractivity contribution is 6.30. The molecule has 0 fully saturated rings. The maximum absolute atomic E-state index is 12.7. The molecule has 1 aromatic rings. The van der Waals surface area contributed by atoms with E-state index in [2.05, 4.69) is 13.2 Å². The lowest BCUT2D eigenvalue weighted by Crippen LogP contribution is -2.37. The molecular formula is C14H14ClF3N2O2. The summed E-state index contributed by atoms with van der Waals surface area (Å²) in [5, 5.41) is -0.596. The highest BCUT2D eigenvalue weighted by Crippen LogP contribution is 2.29. The standard InChI is InChI=1S/C14H14ClF3N2O2/c1-3-5-19(6-4-2)12(21)9-20-8-10(14(16,17)18)7-11(15)13(20)22/h3-4,7-8H,1-2,5-6,9H2. The van der Waals surface area contributed by atoms with Crippen LogP contribution in [0.1, 0.15) is 5.56 Å². The van der Waals surface area contributed by atoms with Crippen LogP contribution in [0.4, 0.5) is 13.2 Å². The van der Waals surface area contributed by atoms with E-state index in [9.17, 15) is 22.8 Å². The first-order valence-electron chi connectivity index (χ1n) is 6.17. The molecule has 8 heteroatoms. The summed E-state index contributed by atoms with van der Waals surface area (Å²) in [5.74, 6) is -0.544. The number of hydrogen-bond donors (Lipinski definition) is 0. The van der Waals surface area contributed by atoms with Gasteiger partial charge in [0.1, 0.15) is 11.6 Å². The number of carbonyl (C=O) groups is 1. The van der Waals surface area contributed by atoms with E-state index in [4.69, 9.17) is 11.6 Å². The van der Waals surface area contributed by atoms with Crippen molar-refractivity contribution in [1.29, 1.82) is 0 Å². The molecule has 0 aliphatic heterocycles. The molecule has 1 rings (SSSR count). The lowest BCUT2D eigenvalue weighted by atomic mass is 10.2. The summed E-state index contributed by atoms with van der Waals surface area (Å²) >= 11 is 5.52. The SMILES string of the molecule is C=CCN(CC=C)C(=O)Cn1cc(C(F)(F)F)cc(Cl)c1=O. The number of pyridine rings is 1. The van der Waals surface area contributed by atoms with Gasteiger partial charge in [-0.1, -0.05) is 23.8 Å². The molecule has 22 heavy (non-hydrogen) atoms. The Morgan fingerprint density at radius 2 is 1.86 bits per heavy atom. The Labute approximate surface area is 130 Å². The van der Waals surface area contributed by atoms with Crippen LogP contribution in [0.5, 0.6) is 0 Å². The first-order valence-corrected chi connectivity index (χ1v) is 6.55. The fraction of sp³-hybridized carbons (Fsp3) is 0.286. The van der Waals surface area contributed by atoms with Crippen molar-refractivity contribution in [2.24, 2.45) is 0 Å². The van der Waals surface area contributed by atoms with Crippen LogP contribution in [0, 0.1) is 0 Å². The maximum Gasteiger partial charge on any atom is 0.417 e. The molecule has 0 aromatic carbocycles. The van der Waals surface area contributed by atoms with E-state index >= 15 is 0 Å². The van der Waals surface area contributed by atoms with Crippen LogP contribution in [0.3, 0.4) is 0 Å². The predicted octanol–water partition coefficient (Wildman–Crippen LogP) is 2.72. The van der Waals surface area contributed by atoms with Gasteiger partial charge in [-0.25, -0.2) is 0 Å². The summed E-state index contributed by atoms with van der Waals surface area (Å²) in [6, 6.07) is 0.538. The Morgan fingerprint density at radius 3 is 2.32 bits per heavy atom. The van der Waals surface area contributed by atoms with Gasteiger partial charge in [0.15, 0.2) is 0 Å². The normalized spacial score (nSPS) is 11.1. The molecule has 0 N–H and O–H groups in total. The third-order valence-electron chi connectivity index (χ3n) is 2.73. The van der Waals surface area contributed by atoms with Gasteiger partial charge in [-0.15, -0.1) is 13.2 Å². The second kappa shape index (κ2) is 7.31. The van der Waals surface area contributed by atoms with Gasteiger partial charge >= 0.3 is 6.18 Å². The van der Waals surface area contributed by atoms with E-state index in [0.29, 0.717) is 16.8 Å². The van der Waals surface area contributed by atoms with Gasteiger partial charge in [-0.05, 0) is 6.07 Å². The number of amides is 1. The summed E-state index contributed by atoms with van der Waals surface area (Å²) in [4.78, 5) is 25.1. The van der Waals surface area contributed by atoms with Crippen LogP contribution in [-0.4, -0.2) is 28.5 Å². The minimum absolute atomic E-state index is 0.187. The molecule has 0 aliphatic rings. The molecule has 0 bridgehead atoms. The first kappa shape index (κ1) is 18.0. The van der Waals surface area contributed by atoms with E-state index in [1.165, 1.54) is 17.1 Å². The first-order chi connectivity index (χ1) is 10.2.